The molecule has 0 spiro atoms. The van der Waals surface area contributed by atoms with Gasteiger partial charge in [-0.15, -0.1) is 14.8 Å². The van der Waals surface area contributed by atoms with E-state index in [1.54, 1.807) is 6.20 Å². The van der Waals surface area contributed by atoms with Crippen LogP contribution in [0, 0.1) is 6.92 Å². The van der Waals surface area contributed by atoms with Crippen LogP contribution < -0.4 is 0 Å². The highest BCUT2D eigenvalue weighted by Gasteiger charge is 2.02. The van der Waals surface area contributed by atoms with Crippen LogP contribution in [-0.2, 0) is 7.05 Å². The van der Waals surface area contributed by atoms with Crippen LogP contribution >= 0.6 is 0 Å². The van der Waals surface area contributed by atoms with Crippen molar-refractivity contribution in [2.75, 3.05) is 0 Å². The normalized spacial score (nSPS) is 11.0. The number of aryl methyl sites for hydroxylation is 2. The molecule has 0 aliphatic carbocycles. The second kappa shape index (κ2) is 1.56. The van der Waals surface area contributed by atoms with E-state index in [1.807, 2.05) is 18.5 Å². The summed E-state index contributed by atoms with van der Waals surface area (Å²) >= 11 is 0. The van der Waals surface area contributed by atoms with Gasteiger partial charge in [-0.25, -0.2) is 0 Å². The molecule has 0 aliphatic rings. The third kappa shape index (κ3) is 0.490. The summed E-state index contributed by atoms with van der Waals surface area (Å²) in [6.45, 7) is 1.93. The molecule has 0 bridgehead atoms. The van der Waals surface area contributed by atoms with Gasteiger partial charge in [0.05, 0.1) is 6.20 Å². The first-order chi connectivity index (χ1) is 4.79. The van der Waals surface area contributed by atoms with Crippen molar-refractivity contribution >= 4 is 5.65 Å². The predicted octanol–water partition coefficient (Wildman–Crippen LogP) is -0.229. The summed E-state index contributed by atoms with van der Waals surface area (Å²) < 4.78 is 3.44. The Bertz CT molecular complexity index is 357. The van der Waals surface area contributed by atoms with E-state index in [1.165, 1.54) is 4.63 Å². The topological polar surface area (TPSA) is 48.0 Å². The Morgan fingerprint density at radius 3 is 3.00 bits per heavy atom. The van der Waals surface area contributed by atoms with Gasteiger partial charge in [-0.3, -0.25) is 0 Å². The fourth-order valence-electron chi connectivity index (χ4n) is 0.886. The third-order valence-electron chi connectivity index (χ3n) is 1.58. The van der Waals surface area contributed by atoms with E-state index in [4.69, 9.17) is 0 Å². The highest BCUT2D eigenvalue weighted by Crippen LogP contribution is 1.99. The highest BCUT2D eigenvalue weighted by atomic mass is 15.5. The van der Waals surface area contributed by atoms with Crippen LogP contribution in [-0.4, -0.2) is 24.6 Å². The standard InChI is InChI=1S/C5H7N5/c1-4-7-10-5(9(4)2)3-6-8-10/h3H,1-2H3. The summed E-state index contributed by atoms with van der Waals surface area (Å²) in [4.78, 5) is 0. The van der Waals surface area contributed by atoms with Gasteiger partial charge in [0.15, 0.2) is 5.65 Å². The number of hydrogen-bond donors (Lipinski definition) is 0. The van der Waals surface area contributed by atoms with Gasteiger partial charge in [0.1, 0.15) is 5.82 Å². The first-order valence-corrected chi connectivity index (χ1v) is 2.99. The molecule has 10 heavy (non-hydrogen) atoms. The Labute approximate surface area is 57.3 Å². The molecular weight excluding hydrogens is 130 g/mol. The monoisotopic (exact) mass is 137 g/mol. The van der Waals surface area contributed by atoms with Crippen LogP contribution in [0.4, 0.5) is 0 Å². The average Bonchev–Trinajstić information content (AvgIpc) is 2.41. The van der Waals surface area contributed by atoms with E-state index in [0.717, 1.165) is 11.5 Å². The van der Waals surface area contributed by atoms with Crippen molar-refractivity contribution in [2.24, 2.45) is 7.05 Å². The van der Waals surface area contributed by atoms with Crippen molar-refractivity contribution < 1.29 is 0 Å². The number of rotatable bonds is 0. The van der Waals surface area contributed by atoms with Gasteiger partial charge in [-0.05, 0) is 12.1 Å². The Hall–Kier alpha value is -1.39. The zero-order valence-corrected chi connectivity index (χ0v) is 5.81. The molecule has 0 saturated carbocycles. The van der Waals surface area contributed by atoms with E-state index >= 15 is 0 Å². The largest absolute Gasteiger partial charge is 0.313 e. The molecule has 0 aromatic carbocycles. The lowest BCUT2D eigenvalue weighted by Crippen LogP contribution is -1.89. The van der Waals surface area contributed by atoms with E-state index in [9.17, 15) is 0 Å². The Morgan fingerprint density at radius 1 is 1.50 bits per heavy atom. The SMILES string of the molecule is Cc1nn2nncc2n1C. The Kier molecular flexibility index (Phi) is 0.841. The maximum absolute atomic E-state index is 4.08. The fourth-order valence-corrected chi connectivity index (χ4v) is 0.886. The average molecular weight is 137 g/mol. The Morgan fingerprint density at radius 2 is 2.30 bits per heavy atom. The second-order valence-electron chi connectivity index (χ2n) is 2.19. The number of fused-ring (bicyclic) bond motifs is 1. The zero-order chi connectivity index (χ0) is 7.14. The lowest BCUT2D eigenvalue weighted by molar-refractivity contribution is 0.744. The van der Waals surface area contributed by atoms with Crippen molar-refractivity contribution in [3.8, 4) is 0 Å². The van der Waals surface area contributed by atoms with Crippen molar-refractivity contribution in [3.05, 3.63) is 12.0 Å². The molecule has 0 atom stereocenters. The molecule has 0 unspecified atom stereocenters. The van der Waals surface area contributed by atoms with Crippen LogP contribution in [0.1, 0.15) is 5.82 Å². The Balaban J connectivity index is 2.95. The van der Waals surface area contributed by atoms with Crippen molar-refractivity contribution in [1.29, 1.82) is 0 Å². The number of hydrogen-bond acceptors (Lipinski definition) is 3. The van der Waals surface area contributed by atoms with Gasteiger partial charge in [-0.2, -0.15) is 0 Å². The lowest BCUT2D eigenvalue weighted by Gasteiger charge is -1.88. The minimum absolute atomic E-state index is 0.914. The molecule has 2 aromatic rings. The zero-order valence-electron chi connectivity index (χ0n) is 5.81. The minimum Gasteiger partial charge on any atom is -0.313 e. The number of nitrogens with zero attached hydrogens (tertiary/aromatic N) is 5. The van der Waals surface area contributed by atoms with Crippen LogP contribution in [0.3, 0.4) is 0 Å². The first kappa shape index (κ1) is 5.40. The molecule has 2 aromatic heterocycles. The highest BCUT2D eigenvalue weighted by molar-refractivity contribution is 5.33. The summed E-state index contributed by atoms with van der Waals surface area (Å²) in [6.07, 6.45) is 1.68. The molecule has 0 radical (unpaired) electrons. The first-order valence-electron chi connectivity index (χ1n) is 2.99. The summed E-state index contributed by atoms with van der Waals surface area (Å²) in [5.41, 5.74) is 0.914. The lowest BCUT2D eigenvalue weighted by atomic mass is 10.7. The maximum Gasteiger partial charge on any atom is 0.178 e. The molecule has 0 aliphatic heterocycles. The van der Waals surface area contributed by atoms with Crippen molar-refractivity contribution in [1.82, 2.24) is 24.6 Å². The van der Waals surface area contributed by atoms with Gasteiger partial charge >= 0.3 is 0 Å². The van der Waals surface area contributed by atoms with E-state index in [-0.39, 0.29) is 0 Å². The van der Waals surface area contributed by atoms with E-state index < -0.39 is 0 Å². The van der Waals surface area contributed by atoms with Crippen molar-refractivity contribution in [3.63, 3.8) is 0 Å². The molecule has 0 fully saturated rings. The van der Waals surface area contributed by atoms with Gasteiger partial charge in [0.25, 0.3) is 0 Å². The van der Waals surface area contributed by atoms with Crippen molar-refractivity contribution in [2.45, 2.75) is 6.92 Å². The molecular formula is C5H7N5. The van der Waals surface area contributed by atoms with E-state index in [0.29, 0.717) is 0 Å². The minimum atomic E-state index is 0.914. The van der Waals surface area contributed by atoms with Crippen LogP contribution in [0.2, 0.25) is 0 Å². The smallest absolute Gasteiger partial charge is 0.178 e. The molecule has 5 heteroatoms. The van der Waals surface area contributed by atoms with E-state index in [2.05, 4.69) is 15.4 Å². The predicted molar refractivity (Wildman–Crippen MR) is 34.5 cm³/mol. The van der Waals surface area contributed by atoms with Gasteiger partial charge < -0.3 is 4.57 Å². The van der Waals surface area contributed by atoms with Crippen LogP contribution in [0.15, 0.2) is 6.20 Å². The van der Waals surface area contributed by atoms with Crippen LogP contribution in [0.5, 0.6) is 0 Å². The fraction of sp³-hybridized carbons (Fsp3) is 0.400. The molecule has 5 nitrogen and oxygen atoms in total. The van der Waals surface area contributed by atoms with Gasteiger partial charge in [-0.1, -0.05) is 0 Å². The summed E-state index contributed by atoms with van der Waals surface area (Å²) in [5, 5.41) is 11.5. The molecule has 0 N–H and O–H groups in total. The van der Waals surface area contributed by atoms with Crippen LogP contribution in [0.25, 0.3) is 5.65 Å². The summed E-state index contributed by atoms with van der Waals surface area (Å²) in [6, 6.07) is 0. The molecule has 2 heterocycles. The third-order valence-corrected chi connectivity index (χ3v) is 1.58. The summed E-state index contributed by atoms with van der Waals surface area (Å²) in [7, 11) is 1.93. The quantitative estimate of drug-likeness (QED) is 0.504. The number of aromatic nitrogens is 5. The molecule has 0 saturated heterocycles. The molecule has 52 valence electrons. The summed E-state index contributed by atoms with van der Waals surface area (Å²) in [5.74, 6) is 0.935. The maximum atomic E-state index is 4.08. The molecule has 0 amide bonds. The second-order valence-corrected chi connectivity index (χ2v) is 2.19. The molecule has 2 rings (SSSR count). The van der Waals surface area contributed by atoms with Gasteiger partial charge in [0.2, 0.25) is 0 Å². The van der Waals surface area contributed by atoms with Gasteiger partial charge in [0, 0.05) is 7.05 Å².